The fourth-order valence-electron chi connectivity index (χ4n) is 2.30. The van der Waals surface area contributed by atoms with Crippen LogP contribution < -0.4 is 16.4 Å². The van der Waals surface area contributed by atoms with Crippen molar-refractivity contribution < 1.29 is 14.3 Å². The first kappa shape index (κ1) is 18.4. The summed E-state index contributed by atoms with van der Waals surface area (Å²) in [5.41, 5.74) is 6.63. The van der Waals surface area contributed by atoms with Crippen molar-refractivity contribution in [1.82, 2.24) is 5.32 Å². The number of anilines is 1. The standard InChI is InChI=1S/C15H21N3O3.ClH/c16-14(11-6-8-21-9-7-11)15(20)17-10-13(19)18-12-4-2-1-3-5-12;/h1-5,11,14H,6-10,16H2,(H,17,20)(H,18,19);1H. The molecule has 0 aliphatic carbocycles. The Bertz CT molecular complexity index is 478. The molecule has 1 atom stereocenters. The Morgan fingerprint density at radius 3 is 2.50 bits per heavy atom. The van der Waals surface area contributed by atoms with Gasteiger partial charge in [0.15, 0.2) is 0 Å². The van der Waals surface area contributed by atoms with Crippen LogP contribution in [0.15, 0.2) is 30.3 Å². The molecule has 1 aromatic rings. The monoisotopic (exact) mass is 327 g/mol. The zero-order valence-electron chi connectivity index (χ0n) is 12.3. The molecule has 0 saturated carbocycles. The van der Waals surface area contributed by atoms with E-state index < -0.39 is 6.04 Å². The minimum absolute atomic E-state index is 0. The SMILES string of the molecule is Cl.NC(C(=O)NCC(=O)Nc1ccccc1)C1CCOCC1. The molecule has 1 saturated heterocycles. The molecule has 1 heterocycles. The molecule has 0 radical (unpaired) electrons. The average Bonchev–Trinajstić information content (AvgIpc) is 2.53. The molecular weight excluding hydrogens is 306 g/mol. The van der Waals surface area contributed by atoms with E-state index in [1.807, 2.05) is 18.2 Å². The lowest BCUT2D eigenvalue weighted by atomic mass is 9.92. The van der Waals surface area contributed by atoms with Gasteiger partial charge in [-0.25, -0.2) is 0 Å². The van der Waals surface area contributed by atoms with Gasteiger partial charge < -0.3 is 21.1 Å². The average molecular weight is 328 g/mol. The molecule has 22 heavy (non-hydrogen) atoms. The van der Waals surface area contributed by atoms with Gasteiger partial charge in [-0.15, -0.1) is 12.4 Å². The summed E-state index contributed by atoms with van der Waals surface area (Å²) in [6.45, 7) is 1.20. The molecule has 7 heteroatoms. The third-order valence-corrected chi connectivity index (χ3v) is 3.56. The fourth-order valence-corrected chi connectivity index (χ4v) is 2.30. The lowest BCUT2D eigenvalue weighted by Gasteiger charge is -2.26. The Kier molecular flexibility index (Phi) is 7.87. The Balaban J connectivity index is 0.00000242. The van der Waals surface area contributed by atoms with Crippen LogP contribution in [0.5, 0.6) is 0 Å². The van der Waals surface area contributed by atoms with E-state index in [0.717, 1.165) is 12.8 Å². The summed E-state index contributed by atoms with van der Waals surface area (Å²) < 4.78 is 5.24. The zero-order chi connectivity index (χ0) is 15.1. The number of nitrogens with one attached hydrogen (secondary N) is 2. The molecule has 6 nitrogen and oxygen atoms in total. The summed E-state index contributed by atoms with van der Waals surface area (Å²) in [5, 5.41) is 5.28. The Hall–Kier alpha value is -1.63. The number of rotatable bonds is 5. The predicted molar refractivity (Wildman–Crippen MR) is 86.8 cm³/mol. The van der Waals surface area contributed by atoms with Crippen molar-refractivity contribution in [1.29, 1.82) is 0 Å². The van der Waals surface area contributed by atoms with Crippen LogP contribution in [0.1, 0.15) is 12.8 Å². The first-order valence-electron chi connectivity index (χ1n) is 7.13. The van der Waals surface area contributed by atoms with E-state index in [4.69, 9.17) is 10.5 Å². The molecule has 1 aliphatic rings. The van der Waals surface area contributed by atoms with E-state index in [1.54, 1.807) is 12.1 Å². The summed E-state index contributed by atoms with van der Waals surface area (Å²) in [6.07, 6.45) is 1.57. The number of hydrogen-bond donors (Lipinski definition) is 3. The number of amides is 2. The van der Waals surface area contributed by atoms with E-state index >= 15 is 0 Å². The van der Waals surface area contributed by atoms with Gasteiger partial charge in [0.05, 0.1) is 12.6 Å². The molecule has 122 valence electrons. The van der Waals surface area contributed by atoms with Crippen LogP contribution in [0.4, 0.5) is 5.69 Å². The number of hydrogen-bond acceptors (Lipinski definition) is 4. The zero-order valence-corrected chi connectivity index (χ0v) is 13.1. The largest absolute Gasteiger partial charge is 0.381 e. The fraction of sp³-hybridized carbons (Fsp3) is 0.467. The Morgan fingerprint density at radius 2 is 1.86 bits per heavy atom. The van der Waals surface area contributed by atoms with E-state index in [0.29, 0.717) is 18.9 Å². The molecule has 1 aliphatic heterocycles. The lowest BCUT2D eigenvalue weighted by Crippen LogP contribution is -2.48. The second-order valence-corrected chi connectivity index (χ2v) is 5.11. The van der Waals surface area contributed by atoms with Gasteiger partial charge in [0.1, 0.15) is 0 Å². The summed E-state index contributed by atoms with van der Waals surface area (Å²) >= 11 is 0. The number of carbonyl (C=O) groups is 2. The molecule has 1 aromatic carbocycles. The van der Waals surface area contributed by atoms with E-state index in [2.05, 4.69) is 10.6 Å². The van der Waals surface area contributed by atoms with Gasteiger partial charge in [0, 0.05) is 18.9 Å². The van der Waals surface area contributed by atoms with Crippen LogP contribution in [-0.4, -0.2) is 37.6 Å². The van der Waals surface area contributed by atoms with Crippen LogP contribution in [0, 0.1) is 5.92 Å². The van der Waals surface area contributed by atoms with Gasteiger partial charge in [-0.3, -0.25) is 9.59 Å². The van der Waals surface area contributed by atoms with Crippen LogP contribution in [0.2, 0.25) is 0 Å². The topological polar surface area (TPSA) is 93.5 Å². The van der Waals surface area contributed by atoms with E-state index in [-0.39, 0.29) is 36.7 Å². The second kappa shape index (κ2) is 9.40. The van der Waals surface area contributed by atoms with Gasteiger partial charge in [-0.1, -0.05) is 18.2 Å². The molecule has 0 spiro atoms. The molecule has 0 bridgehead atoms. The summed E-state index contributed by atoms with van der Waals surface area (Å²) in [4.78, 5) is 23.7. The first-order chi connectivity index (χ1) is 10.2. The van der Waals surface area contributed by atoms with Crippen molar-refractivity contribution in [2.75, 3.05) is 25.1 Å². The van der Waals surface area contributed by atoms with Crippen LogP contribution in [0.25, 0.3) is 0 Å². The quantitative estimate of drug-likeness (QED) is 0.749. The highest BCUT2D eigenvalue weighted by atomic mass is 35.5. The molecule has 1 fully saturated rings. The third-order valence-electron chi connectivity index (χ3n) is 3.56. The first-order valence-corrected chi connectivity index (χ1v) is 7.13. The highest BCUT2D eigenvalue weighted by Gasteiger charge is 2.26. The number of halogens is 1. The van der Waals surface area contributed by atoms with Gasteiger partial charge in [-0.05, 0) is 30.9 Å². The number of benzene rings is 1. The maximum atomic E-state index is 11.9. The van der Waals surface area contributed by atoms with Crippen LogP contribution in [0.3, 0.4) is 0 Å². The van der Waals surface area contributed by atoms with Crippen LogP contribution >= 0.6 is 12.4 Å². The summed E-state index contributed by atoms with van der Waals surface area (Å²) in [7, 11) is 0. The van der Waals surface area contributed by atoms with Crippen molar-refractivity contribution in [3.05, 3.63) is 30.3 Å². The molecule has 2 rings (SSSR count). The Morgan fingerprint density at radius 1 is 1.23 bits per heavy atom. The van der Waals surface area contributed by atoms with Crippen molar-refractivity contribution in [2.24, 2.45) is 11.7 Å². The molecule has 0 aromatic heterocycles. The smallest absolute Gasteiger partial charge is 0.243 e. The Labute approximate surface area is 136 Å². The van der Waals surface area contributed by atoms with Gasteiger partial charge >= 0.3 is 0 Å². The predicted octanol–water partition coefficient (Wildman–Crippen LogP) is 0.917. The molecule has 2 amide bonds. The van der Waals surface area contributed by atoms with Crippen molar-refractivity contribution in [2.45, 2.75) is 18.9 Å². The summed E-state index contributed by atoms with van der Waals surface area (Å²) in [6, 6.07) is 8.51. The minimum atomic E-state index is -0.585. The molecular formula is C15H22ClN3O3. The third kappa shape index (κ3) is 5.63. The molecule has 4 N–H and O–H groups in total. The second-order valence-electron chi connectivity index (χ2n) is 5.11. The summed E-state index contributed by atoms with van der Waals surface area (Å²) in [5.74, 6) is -0.435. The van der Waals surface area contributed by atoms with Crippen molar-refractivity contribution >= 4 is 29.9 Å². The number of ether oxygens (including phenoxy) is 1. The molecule has 1 unspecified atom stereocenters. The normalized spacial score (nSPS) is 16.2. The number of nitrogens with two attached hydrogens (primary N) is 1. The van der Waals surface area contributed by atoms with Gasteiger partial charge in [0.25, 0.3) is 0 Å². The van der Waals surface area contributed by atoms with Crippen molar-refractivity contribution in [3.8, 4) is 0 Å². The highest BCUT2D eigenvalue weighted by molar-refractivity contribution is 5.95. The number of para-hydroxylation sites is 1. The lowest BCUT2D eigenvalue weighted by molar-refractivity contribution is -0.126. The van der Waals surface area contributed by atoms with Gasteiger partial charge in [0.2, 0.25) is 11.8 Å². The highest BCUT2D eigenvalue weighted by Crippen LogP contribution is 2.17. The van der Waals surface area contributed by atoms with E-state index in [9.17, 15) is 9.59 Å². The van der Waals surface area contributed by atoms with Gasteiger partial charge in [-0.2, -0.15) is 0 Å². The minimum Gasteiger partial charge on any atom is -0.381 e. The van der Waals surface area contributed by atoms with Crippen molar-refractivity contribution in [3.63, 3.8) is 0 Å². The number of carbonyl (C=O) groups excluding carboxylic acids is 2. The maximum Gasteiger partial charge on any atom is 0.243 e. The van der Waals surface area contributed by atoms with E-state index in [1.165, 1.54) is 0 Å². The van der Waals surface area contributed by atoms with Crippen LogP contribution in [-0.2, 0) is 14.3 Å². The maximum absolute atomic E-state index is 11.9.